The van der Waals surface area contributed by atoms with Gasteiger partial charge in [0.2, 0.25) is 31.8 Å². The highest BCUT2D eigenvalue weighted by Gasteiger charge is 2.24. The van der Waals surface area contributed by atoms with Crippen LogP contribution in [0, 0.1) is 27.7 Å². The molecule has 6 rings (SSSR count). The van der Waals surface area contributed by atoms with Crippen molar-refractivity contribution in [2.24, 2.45) is 0 Å². The van der Waals surface area contributed by atoms with Crippen molar-refractivity contribution in [3.8, 4) is 0 Å². The van der Waals surface area contributed by atoms with Crippen LogP contribution in [-0.4, -0.2) is 77.9 Å². The van der Waals surface area contributed by atoms with Gasteiger partial charge in [-0.25, -0.2) is 16.8 Å². The van der Waals surface area contributed by atoms with E-state index in [-0.39, 0.29) is 46.8 Å². The highest BCUT2D eigenvalue weighted by molar-refractivity contribution is 7.99. The minimum Gasteiger partial charge on any atom is -0.355 e. The highest BCUT2D eigenvalue weighted by Crippen LogP contribution is 2.30. The molecule has 0 saturated carbocycles. The molecule has 0 aliphatic heterocycles. The SMILES string of the molecule is Cc1ccc(S(=O)(=O)Nc2ccc(NNC=O)cc2)c(C)c1NC(=O)C[n+]1cccc(CC(=O)NCCSCCNC(=O)c2ccc[n+](CC(=O)Nc3c(C)ccc(S(=O)(=O)Nc4ccc(NNC=O)cc4)c3C)c2)c1. The van der Waals surface area contributed by atoms with E-state index in [2.05, 4.69) is 52.4 Å². The lowest BCUT2D eigenvalue weighted by Crippen LogP contribution is -2.41. The van der Waals surface area contributed by atoms with Crippen molar-refractivity contribution in [1.29, 1.82) is 0 Å². The van der Waals surface area contributed by atoms with Gasteiger partial charge < -0.3 is 21.3 Å². The first-order chi connectivity index (χ1) is 36.3. The topological polar surface area (TPSA) is 299 Å². The lowest BCUT2D eigenvalue weighted by Gasteiger charge is -2.16. The molecule has 0 spiro atoms. The summed E-state index contributed by atoms with van der Waals surface area (Å²) in [6.07, 6.45) is 7.56. The Morgan fingerprint density at radius 1 is 0.539 bits per heavy atom. The second kappa shape index (κ2) is 26.6. The summed E-state index contributed by atoms with van der Waals surface area (Å²) in [6, 6.07) is 25.3. The van der Waals surface area contributed by atoms with Crippen molar-refractivity contribution < 1.29 is 54.7 Å². The van der Waals surface area contributed by atoms with Crippen molar-refractivity contribution in [3.63, 3.8) is 0 Å². The summed E-state index contributed by atoms with van der Waals surface area (Å²) in [7, 11) is -8.12. The molecular weight excluding hydrogens is 1040 g/mol. The van der Waals surface area contributed by atoms with Gasteiger partial charge in [-0.1, -0.05) is 12.1 Å². The van der Waals surface area contributed by atoms with E-state index >= 15 is 0 Å². The third kappa shape index (κ3) is 16.2. The fourth-order valence-corrected chi connectivity index (χ4v) is 11.0. The zero-order valence-electron chi connectivity index (χ0n) is 41.9. The average Bonchev–Trinajstić information content (AvgIpc) is 3.38. The summed E-state index contributed by atoms with van der Waals surface area (Å²) in [5.74, 6) is -0.260. The maximum Gasteiger partial charge on any atom is 0.290 e. The normalized spacial score (nSPS) is 11.1. The Bertz CT molecular complexity index is 3330. The van der Waals surface area contributed by atoms with E-state index in [1.807, 2.05) is 0 Å². The second-order valence-electron chi connectivity index (χ2n) is 17.0. The van der Waals surface area contributed by atoms with Crippen LogP contribution in [0.15, 0.2) is 132 Å². The summed E-state index contributed by atoms with van der Waals surface area (Å²) < 4.78 is 61.9. The third-order valence-electron chi connectivity index (χ3n) is 11.3. The van der Waals surface area contributed by atoms with E-state index in [1.165, 1.54) is 48.2 Å². The molecule has 10 N–H and O–H groups in total. The Labute approximate surface area is 444 Å². The van der Waals surface area contributed by atoms with Gasteiger partial charge in [-0.2, -0.15) is 20.9 Å². The lowest BCUT2D eigenvalue weighted by molar-refractivity contribution is -0.684. The molecule has 0 aliphatic carbocycles. The first-order valence-corrected chi connectivity index (χ1v) is 27.5. The van der Waals surface area contributed by atoms with Crippen molar-refractivity contribution in [2.45, 2.75) is 57.0 Å². The van der Waals surface area contributed by atoms with Gasteiger partial charge in [-0.3, -0.25) is 59.9 Å². The third-order valence-corrected chi connectivity index (χ3v) is 15.4. The van der Waals surface area contributed by atoms with Crippen LogP contribution in [0.25, 0.3) is 0 Å². The fraction of sp³-hybridized carbons (Fsp3) is 0.216. The maximum atomic E-state index is 13.4. The summed E-state index contributed by atoms with van der Waals surface area (Å²) in [6.45, 7) is 7.17. The van der Waals surface area contributed by atoms with E-state index in [9.17, 15) is 45.6 Å². The number of rotatable bonds is 27. The molecule has 0 radical (unpaired) electrons. The zero-order chi connectivity index (χ0) is 54.8. The molecule has 0 saturated heterocycles. The Kier molecular flexibility index (Phi) is 19.9. The number of thioether (sulfide) groups is 1. The van der Waals surface area contributed by atoms with Gasteiger partial charge in [-0.05, 0) is 123 Å². The number of amides is 6. The fourth-order valence-electron chi connectivity index (χ4n) is 7.69. The molecule has 4 aromatic carbocycles. The van der Waals surface area contributed by atoms with Gasteiger partial charge in [0.15, 0.2) is 24.8 Å². The number of hydrazine groups is 2. The summed E-state index contributed by atoms with van der Waals surface area (Å²) in [5.41, 5.74) is 15.2. The van der Waals surface area contributed by atoms with E-state index in [1.54, 1.807) is 122 Å². The number of hydrogen-bond acceptors (Lipinski definition) is 13. The largest absolute Gasteiger partial charge is 0.355 e. The number of carbonyl (C=O) groups excluding carboxylic acids is 6. The molecule has 76 heavy (non-hydrogen) atoms. The minimum atomic E-state index is -4.06. The summed E-state index contributed by atoms with van der Waals surface area (Å²) in [5, 5.41) is 11.4. The summed E-state index contributed by atoms with van der Waals surface area (Å²) >= 11 is 1.53. The van der Waals surface area contributed by atoms with Crippen LogP contribution in [0.4, 0.5) is 34.1 Å². The van der Waals surface area contributed by atoms with Gasteiger partial charge in [-0.15, -0.1) is 0 Å². The smallest absolute Gasteiger partial charge is 0.290 e. The van der Waals surface area contributed by atoms with Gasteiger partial charge in [0.05, 0.1) is 27.6 Å². The maximum absolute atomic E-state index is 13.4. The number of nitrogens with zero attached hydrogens (tertiary/aromatic N) is 2. The van der Waals surface area contributed by atoms with Gasteiger partial charge in [0.1, 0.15) is 5.56 Å². The van der Waals surface area contributed by atoms with E-state index in [0.29, 0.717) is 99.2 Å². The molecule has 398 valence electrons. The second-order valence-corrected chi connectivity index (χ2v) is 21.6. The Hall–Kier alpha value is -8.55. The molecule has 22 nitrogen and oxygen atoms in total. The van der Waals surface area contributed by atoms with Crippen LogP contribution in [0.3, 0.4) is 0 Å². The van der Waals surface area contributed by atoms with Crippen LogP contribution < -0.4 is 61.5 Å². The number of pyridine rings is 2. The van der Waals surface area contributed by atoms with Crippen molar-refractivity contribution >= 4 is 102 Å². The van der Waals surface area contributed by atoms with Crippen molar-refractivity contribution in [3.05, 3.63) is 155 Å². The van der Waals surface area contributed by atoms with Gasteiger partial charge in [0.25, 0.3) is 37.8 Å². The number of aromatic nitrogens is 2. The standard InChI is InChI=1S/C51H56N12O10S3/c1-34-9-19-44(75(70,71)60-42-15-11-40(12-16-42)58-54-32-64)36(3)49(34)56-47(67)30-62-23-5-7-38(28-62)27-46(66)52-21-25-74-26-22-53-51(69)39-8-6-24-63(29-39)31-48(68)57-50-35(2)10-20-45(37(50)4)76(72,73)61-43-17-13-41(14-18-43)59-55-33-65/h5-20,23-24,28-29,32-33,58-61H,21-22,25-27,30-31H2,1-4H3,(H4-2,52,53,54,55,56,57,64,65,66,67,68,69)/p+2. The molecule has 0 atom stereocenters. The number of benzene rings is 4. The molecule has 6 amide bonds. The van der Waals surface area contributed by atoms with Crippen molar-refractivity contribution in [1.82, 2.24) is 21.5 Å². The number of sulfonamides is 2. The van der Waals surface area contributed by atoms with Crippen LogP contribution in [0.5, 0.6) is 0 Å². The molecule has 0 unspecified atom stereocenters. The molecule has 0 aliphatic rings. The first-order valence-electron chi connectivity index (χ1n) is 23.4. The van der Waals surface area contributed by atoms with E-state index in [4.69, 9.17) is 0 Å². The lowest BCUT2D eigenvalue weighted by atomic mass is 10.1. The van der Waals surface area contributed by atoms with Crippen LogP contribution >= 0.6 is 11.8 Å². The highest BCUT2D eigenvalue weighted by atomic mass is 32.2. The molecule has 2 aromatic heterocycles. The predicted molar refractivity (Wildman–Crippen MR) is 289 cm³/mol. The molecule has 0 fully saturated rings. The molecule has 2 heterocycles. The van der Waals surface area contributed by atoms with Gasteiger partial charge in [0, 0.05) is 65.0 Å². The van der Waals surface area contributed by atoms with Crippen LogP contribution in [-0.2, 0) is 63.5 Å². The molecule has 25 heteroatoms. The van der Waals surface area contributed by atoms with E-state index in [0.717, 1.165) is 0 Å². The number of aryl methyl sites for hydroxylation is 2. The number of carbonyl (C=O) groups is 6. The zero-order valence-corrected chi connectivity index (χ0v) is 44.3. The molecule has 6 aromatic rings. The quantitative estimate of drug-likeness (QED) is 0.0154. The number of anilines is 6. The van der Waals surface area contributed by atoms with Crippen molar-refractivity contribution in [2.75, 3.05) is 55.5 Å². The summed E-state index contributed by atoms with van der Waals surface area (Å²) in [4.78, 5) is 73.4. The first kappa shape index (κ1) is 56.7. The molecule has 0 bridgehead atoms. The minimum absolute atomic E-state index is 0.0184. The monoisotopic (exact) mass is 1090 g/mol. The average molecular weight is 1100 g/mol. The Morgan fingerprint density at radius 3 is 1.47 bits per heavy atom. The van der Waals surface area contributed by atoms with Gasteiger partial charge >= 0.3 is 0 Å². The number of hydrogen-bond donors (Lipinski definition) is 10. The predicted octanol–water partition coefficient (Wildman–Crippen LogP) is 3.34. The van der Waals surface area contributed by atoms with Crippen LogP contribution in [0.2, 0.25) is 0 Å². The Balaban J connectivity index is 0.902. The van der Waals surface area contributed by atoms with E-state index < -0.39 is 31.9 Å². The van der Waals surface area contributed by atoms with Crippen LogP contribution in [0.1, 0.15) is 38.2 Å². The Morgan fingerprint density at radius 2 is 0.987 bits per heavy atom. The molecular formula is C51H58N12O10S3+2. The number of nitrogens with one attached hydrogen (secondary N) is 10.